The van der Waals surface area contributed by atoms with E-state index in [2.05, 4.69) is 140 Å². The number of hydrogen-bond donors (Lipinski definition) is 0. The maximum atomic E-state index is 2.25. The topological polar surface area (TPSA) is 8.81 Å². The predicted molar refractivity (Wildman–Crippen MR) is 132 cm³/mol. The lowest BCUT2D eigenvalue weighted by molar-refractivity contribution is -0.595. The Morgan fingerprint density at radius 2 is 1.16 bits per heavy atom. The third-order valence-electron chi connectivity index (χ3n) is 5.99. The first kappa shape index (κ1) is 20.0. The predicted octanol–water partition coefficient (Wildman–Crippen LogP) is 7.01. The van der Waals surface area contributed by atoms with Crippen LogP contribution in [0.15, 0.2) is 110 Å². The molecule has 1 aromatic heterocycles. The summed E-state index contributed by atoms with van der Waals surface area (Å²) >= 11 is 0. The van der Waals surface area contributed by atoms with Crippen LogP contribution in [0.25, 0.3) is 33.6 Å². The smallest absolute Gasteiger partial charge is 0.202 e. The largest absolute Gasteiger partial charge is 0.254 e. The molecule has 4 aromatic carbocycles. The Kier molecular flexibility index (Phi) is 5.20. The second-order valence-corrected chi connectivity index (χ2v) is 8.41. The quantitative estimate of drug-likeness (QED) is 0.279. The van der Waals surface area contributed by atoms with E-state index >= 15 is 0 Å². The highest BCUT2D eigenvalue weighted by Crippen LogP contribution is 2.35. The zero-order chi connectivity index (χ0) is 22.1. The molecule has 32 heavy (non-hydrogen) atoms. The molecule has 0 atom stereocenters. The maximum Gasteiger partial charge on any atom is 0.254 e. The van der Waals surface area contributed by atoms with Gasteiger partial charge in [-0.1, -0.05) is 96.6 Å². The van der Waals surface area contributed by atoms with Gasteiger partial charge in [0.15, 0.2) is 0 Å². The summed E-state index contributed by atoms with van der Waals surface area (Å²) in [5.74, 6) is 0. The van der Waals surface area contributed by atoms with E-state index in [-0.39, 0.29) is 0 Å². The minimum atomic E-state index is 1.19. The summed E-state index contributed by atoms with van der Waals surface area (Å²) in [6, 6.07) is 32.3. The van der Waals surface area contributed by atoms with E-state index in [1.807, 2.05) is 0 Å². The Labute approximate surface area is 190 Å². The van der Waals surface area contributed by atoms with E-state index < -0.39 is 0 Å². The highest BCUT2D eigenvalue weighted by molar-refractivity contribution is 5.85. The molecule has 2 nitrogen and oxygen atoms in total. The third kappa shape index (κ3) is 3.65. The Hall–Kier alpha value is -3.91. The zero-order valence-electron chi connectivity index (χ0n) is 18.8. The minimum Gasteiger partial charge on any atom is -0.202 e. The molecule has 5 rings (SSSR count). The number of benzene rings is 4. The van der Waals surface area contributed by atoms with Crippen LogP contribution >= 0.6 is 0 Å². The van der Waals surface area contributed by atoms with Crippen LogP contribution in [0.4, 0.5) is 0 Å². The van der Waals surface area contributed by atoms with E-state index in [1.165, 1.54) is 50.3 Å². The van der Waals surface area contributed by atoms with Crippen molar-refractivity contribution in [2.75, 3.05) is 0 Å². The van der Waals surface area contributed by atoms with E-state index in [9.17, 15) is 0 Å². The standard InChI is InChI=1S/C30H27N2/c1-22-19-23(2)29(24(3)20-22)31-17-18-32(21-31)30-27(25-11-6-4-7-12-25)15-10-16-28(30)26-13-8-5-9-14-26/h4-21H,1-3H3/q+1. The minimum absolute atomic E-state index is 1.19. The van der Waals surface area contributed by atoms with Crippen molar-refractivity contribution in [3.63, 3.8) is 0 Å². The normalized spacial score (nSPS) is 11.0. The van der Waals surface area contributed by atoms with Crippen LogP contribution in [-0.2, 0) is 0 Å². The average Bonchev–Trinajstić information content (AvgIpc) is 3.28. The number of imidazole rings is 1. The summed E-state index contributed by atoms with van der Waals surface area (Å²) in [4.78, 5) is 0. The van der Waals surface area contributed by atoms with Gasteiger partial charge in [-0.15, -0.1) is 0 Å². The van der Waals surface area contributed by atoms with Crippen molar-refractivity contribution in [1.82, 2.24) is 4.57 Å². The maximum absolute atomic E-state index is 2.25. The van der Waals surface area contributed by atoms with Crippen LogP contribution in [-0.4, -0.2) is 4.57 Å². The van der Waals surface area contributed by atoms with Crippen molar-refractivity contribution < 1.29 is 4.57 Å². The average molecular weight is 416 g/mol. The van der Waals surface area contributed by atoms with Crippen LogP contribution in [0.2, 0.25) is 0 Å². The highest BCUT2D eigenvalue weighted by Gasteiger charge is 2.20. The van der Waals surface area contributed by atoms with Gasteiger partial charge >= 0.3 is 0 Å². The van der Waals surface area contributed by atoms with Gasteiger partial charge in [-0.05, 0) is 43.0 Å². The molecule has 0 spiro atoms. The molecule has 0 unspecified atom stereocenters. The molecule has 0 saturated heterocycles. The first-order valence-electron chi connectivity index (χ1n) is 11.0. The summed E-state index contributed by atoms with van der Waals surface area (Å²) in [5, 5.41) is 0. The monoisotopic (exact) mass is 415 g/mol. The molecule has 1 heterocycles. The lowest BCUT2D eigenvalue weighted by Crippen LogP contribution is -2.30. The highest BCUT2D eigenvalue weighted by atomic mass is 15.1. The fourth-order valence-corrected chi connectivity index (χ4v) is 4.72. The van der Waals surface area contributed by atoms with Crippen molar-refractivity contribution >= 4 is 0 Å². The van der Waals surface area contributed by atoms with Crippen molar-refractivity contribution in [2.24, 2.45) is 0 Å². The first-order chi connectivity index (χ1) is 15.6. The fraction of sp³-hybridized carbons (Fsp3) is 0.100. The number of hydrogen-bond acceptors (Lipinski definition) is 0. The van der Waals surface area contributed by atoms with Gasteiger partial charge in [0.2, 0.25) is 0 Å². The van der Waals surface area contributed by atoms with Gasteiger partial charge in [-0.3, -0.25) is 0 Å². The van der Waals surface area contributed by atoms with Crippen LogP contribution in [0, 0.1) is 20.8 Å². The fourth-order valence-electron chi connectivity index (χ4n) is 4.72. The number of nitrogens with zero attached hydrogens (tertiary/aromatic N) is 2. The molecule has 0 aliphatic rings. The van der Waals surface area contributed by atoms with Crippen LogP contribution in [0.3, 0.4) is 0 Å². The van der Waals surface area contributed by atoms with Gasteiger partial charge in [0.1, 0.15) is 23.8 Å². The van der Waals surface area contributed by atoms with Crippen LogP contribution < -0.4 is 4.57 Å². The van der Waals surface area contributed by atoms with Crippen molar-refractivity contribution in [2.45, 2.75) is 20.8 Å². The van der Waals surface area contributed by atoms with Gasteiger partial charge in [-0.2, -0.15) is 0 Å². The van der Waals surface area contributed by atoms with Crippen molar-refractivity contribution in [3.05, 3.63) is 126 Å². The molecule has 0 amide bonds. The second-order valence-electron chi connectivity index (χ2n) is 8.41. The Morgan fingerprint density at radius 3 is 1.69 bits per heavy atom. The molecular weight excluding hydrogens is 388 g/mol. The molecule has 0 N–H and O–H groups in total. The molecule has 0 radical (unpaired) electrons. The van der Waals surface area contributed by atoms with Gasteiger partial charge in [-0.25, -0.2) is 9.13 Å². The molecule has 0 bridgehead atoms. The first-order valence-corrected chi connectivity index (χ1v) is 11.0. The lowest BCUT2D eigenvalue weighted by atomic mass is 9.96. The van der Waals surface area contributed by atoms with Crippen molar-refractivity contribution in [3.8, 4) is 33.6 Å². The van der Waals surface area contributed by atoms with Crippen LogP contribution in [0.1, 0.15) is 16.7 Å². The number of aromatic nitrogens is 2. The number of aryl methyl sites for hydroxylation is 3. The number of para-hydroxylation sites is 1. The summed E-state index contributed by atoms with van der Waals surface area (Å²) in [5.41, 5.74) is 11.1. The van der Waals surface area contributed by atoms with E-state index in [0.29, 0.717) is 0 Å². The van der Waals surface area contributed by atoms with E-state index in [1.54, 1.807) is 0 Å². The molecule has 0 fully saturated rings. The molecule has 0 saturated carbocycles. The Balaban J connectivity index is 1.74. The molecule has 0 aliphatic heterocycles. The molecule has 156 valence electrons. The van der Waals surface area contributed by atoms with Gasteiger partial charge in [0.25, 0.3) is 6.33 Å². The van der Waals surface area contributed by atoms with Gasteiger partial charge in [0, 0.05) is 11.1 Å². The summed E-state index contributed by atoms with van der Waals surface area (Å²) in [7, 11) is 0. The molecule has 2 heteroatoms. The Morgan fingerprint density at radius 1 is 0.625 bits per heavy atom. The SMILES string of the molecule is Cc1cc(C)c(-[n+]2ccn(-c3c(-c4ccccc4)cccc3-c3ccccc3)c2)c(C)c1. The molecule has 0 aliphatic carbocycles. The lowest BCUT2D eigenvalue weighted by Gasteiger charge is -2.13. The van der Waals surface area contributed by atoms with Crippen molar-refractivity contribution in [1.29, 1.82) is 0 Å². The zero-order valence-corrected chi connectivity index (χ0v) is 18.8. The van der Waals surface area contributed by atoms with Gasteiger partial charge in [0.05, 0.1) is 0 Å². The van der Waals surface area contributed by atoms with Crippen LogP contribution in [0.5, 0.6) is 0 Å². The molecular formula is C30H27N2+. The van der Waals surface area contributed by atoms with E-state index in [0.717, 1.165) is 0 Å². The summed E-state index contributed by atoms with van der Waals surface area (Å²) < 4.78 is 4.49. The summed E-state index contributed by atoms with van der Waals surface area (Å²) in [6.07, 6.45) is 6.51. The molecule has 5 aromatic rings. The van der Waals surface area contributed by atoms with E-state index in [4.69, 9.17) is 0 Å². The summed E-state index contributed by atoms with van der Waals surface area (Å²) in [6.45, 7) is 6.53. The second kappa shape index (κ2) is 8.32. The number of rotatable bonds is 4. The Bertz CT molecular complexity index is 1300. The third-order valence-corrected chi connectivity index (χ3v) is 5.99. The van der Waals surface area contributed by atoms with Gasteiger partial charge < -0.3 is 0 Å².